The minimum atomic E-state index is 0.392. The molecule has 0 fully saturated rings. The molecule has 4 heteroatoms. The number of benzene rings is 1. The first-order chi connectivity index (χ1) is 9.70. The molecule has 2 nitrogen and oxygen atoms in total. The lowest BCUT2D eigenvalue weighted by Crippen LogP contribution is -2.24. The van der Waals surface area contributed by atoms with E-state index in [2.05, 4.69) is 49.3 Å². The third-order valence-electron chi connectivity index (χ3n) is 3.36. The molecule has 1 aromatic carbocycles. The summed E-state index contributed by atoms with van der Waals surface area (Å²) in [5, 5.41) is 5.69. The lowest BCUT2D eigenvalue weighted by atomic mass is 10.0. The van der Waals surface area contributed by atoms with E-state index in [1.54, 1.807) is 11.3 Å². The number of aromatic nitrogens is 1. The Bertz CT molecular complexity index is 523. The van der Waals surface area contributed by atoms with E-state index >= 15 is 0 Å². The highest BCUT2D eigenvalue weighted by molar-refractivity contribution is 8.01. The minimum absolute atomic E-state index is 0.392. The Morgan fingerprint density at radius 3 is 2.80 bits per heavy atom. The van der Waals surface area contributed by atoms with Crippen LogP contribution in [0.4, 0.5) is 0 Å². The van der Waals surface area contributed by atoms with E-state index in [1.165, 1.54) is 16.7 Å². The van der Waals surface area contributed by atoms with Gasteiger partial charge in [0.1, 0.15) is 4.34 Å². The van der Waals surface area contributed by atoms with E-state index in [1.807, 2.05) is 23.3 Å². The van der Waals surface area contributed by atoms with Crippen molar-refractivity contribution in [2.45, 2.75) is 37.6 Å². The van der Waals surface area contributed by atoms with Crippen molar-refractivity contribution in [3.63, 3.8) is 0 Å². The van der Waals surface area contributed by atoms with E-state index in [-0.39, 0.29) is 0 Å². The van der Waals surface area contributed by atoms with Gasteiger partial charge in [-0.05, 0) is 43.5 Å². The van der Waals surface area contributed by atoms with Crippen LogP contribution in [-0.2, 0) is 0 Å². The van der Waals surface area contributed by atoms with E-state index < -0.39 is 0 Å². The number of nitrogens with one attached hydrogen (secondary N) is 1. The molecule has 1 atom stereocenters. The zero-order valence-corrected chi connectivity index (χ0v) is 14.0. The van der Waals surface area contributed by atoms with Crippen molar-refractivity contribution in [3.05, 3.63) is 46.5 Å². The number of hydrogen-bond acceptors (Lipinski definition) is 4. The van der Waals surface area contributed by atoms with Crippen molar-refractivity contribution in [2.24, 2.45) is 0 Å². The summed E-state index contributed by atoms with van der Waals surface area (Å²) in [6.07, 6.45) is 3.03. The van der Waals surface area contributed by atoms with Gasteiger partial charge in [0.15, 0.2) is 0 Å². The van der Waals surface area contributed by atoms with Crippen LogP contribution in [-0.4, -0.2) is 17.3 Å². The Morgan fingerprint density at radius 1 is 1.30 bits per heavy atom. The van der Waals surface area contributed by atoms with Gasteiger partial charge in [-0.25, -0.2) is 4.98 Å². The summed E-state index contributed by atoms with van der Waals surface area (Å²) in [6, 6.07) is 7.17. The number of hydrogen-bond donors (Lipinski definition) is 1. The SMILES string of the molecule is CCCNC(CSc1nccs1)c1ccc(C)c(C)c1. The summed E-state index contributed by atoms with van der Waals surface area (Å²) in [5.74, 6) is 1.02. The van der Waals surface area contributed by atoms with Crippen LogP contribution in [0.2, 0.25) is 0 Å². The molecule has 0 saturated heterocycles. The van der Waals surface area contributed by atoms with E-state index in [4.69, 9.17) is 0 Å². The molecule has 1 N–H and O–H groups in total. The lowest BCUT2D eigenvalue weighted by molar-refractivity contribution is 0.577. The van der Waals surface area contributed by atoms with Gasteiger partial charge in [0, 0.05) is 23.4 Å². The van der Waals surface area contributed by atoms with Crippen LogP contribution >= 0.6 is 23.1 Å². The topological polar surface area (TPSA) is 24.9 Å². The van der Waals surface area contributed by atoms with Crippen LogP contribution < -0.4 is 5.32 Å². The maximum atomic E-state index is 4.35. The molecule has 0 aliphatic carbocycles. The second-order valence-corrected chi connectivity index (χ2v) is 7.12. The van der Waals surface area contributed by atoms with Crippen molar-refractivity contribution < 1.29 is 0 Å². The number of thiazole rings is 1. The average Bonchev–Trinajstić information content (AvgIpc) is 2.95. The average molecular weight is 307 g/mol. The molecule has 20 heavy (non-hydrogen) atoms. The first kappa shape index (κ1) is 15.5. The first-order valence-electron chi connectivity index (χ1n) is 7.03. The number of aryl methyl sites for hydroxylation is 2. The molecule has 2 rings (SSSR count). The van der Waals surface area contributed by atoms with E-state index in [0.717, 1.165) is 23.1 Å². The standard InChI is InChI=1S/C16H22N2S2/c1-4-7-17-15(11-20-16-18-8-9-19-16)14-6-5-12(2)13(3)10-14/h5-6,8-10,15,17H,4,7,11H2,1-3H3. The first-order valence-corrected chi connectivity index (χ1v) is 8.90. The molecule has 0 amide bonds. The zero-order chi connectivity index (χ0) is 14.4. The Labute approximate surface area is 130 Å². The Morgan fingerprint density at radius 2 is 2.15 bits per heavy atom. The van der Waals surface area contributed by atoms with Gasteiger partial charge in [0.25, 0.3) is 0 Å². The van der Waals surface area contributed by atoms with Gasteiger partial charge in [-0.3, -0.25) is 0 Å². The van der Waals surface area contributed by atoms with Gasteiger partial charge >= 0.3 is 0 Å². The Kier molecular flexibility index (Phi) is 6.07. The molecule has 2 aromatic rings. The Hall–Kier alpha value is -0.840. The fourth-order valence-corrected chi connectivity index (χ4v) is 3.77. The monoisotopic (exact) mass is 306 g/mol. The van der Waals surface area contributed by atoms with Crippen LogP contribution in [0.1, 0.15) is 36.1 Å². The van der Waals surface area contributed by atoms with E-state index in [0.29, 0.717) is 6.04 Å². The maximum Gasteiger partial charge on any atom is 0.149 e. The van der Waals surface area contributed by atoms with Crippen molar-refractivity contribution in [1.29, 1.82) is 0 Å². The quantitative estimate of drug-likeness (QED) is 0.757. The fourth-order valence-electron chi connectivity index (χ4n) is 2.01. The van der Waals surface area contributed by atoms with Gasteiger partial charge in [-0.15, -0.1) is 11.3 Å². The summed E-state index contributed by atoms with van der Waals surface area (Å²) in [4.78, 5) is 4.35. The molecular weight excluding hydrogens is 284 g/mol. The van der Waals surface area contributed by atoms with Crippen LogP contribution in [0.3, 0.4) is 0 Å². The molecule has 0 aliphatic rings. The molecule has 108 valence electrons. The largest absolute Gasteiger partial charge is 0.309 e. The summed E-state index contributed by atoms with van der Waals surface area (Å²) in [7, 11) is 0. The summed E-state index contributed by atoms with van der Waals surface area (Å²) >= 11 is 3.55. The number of nitrogens with zero attached hydrogens (tertiary/aromatic N) is 1. The van der Waals surface area contributed by atoms with Crippen LogP contribution in [0.15, 0.2) is 34.1 Å². The number of thioether (sulfide) groups is 1. The predicted molar refractivity (Wildman–Crippen MR) is 89.8 cm³/mol. The molecule has 0 spiro atoms. The molecular formula is C16H22N2S2. The second-order valence-electron chi connectivity index (χ2n) is 4.96. The number of rotatable bonds is 7. The van der Waals surface area contributed by atoms with Crippen LogP contribution in [0.5, 0.6) is 0 Å². The molecule has 0 bridgehead atoms. The normalized spacial score (nSPS) is 12.6. The predicted octanol–water partition coefficient (Wildman–Crippen LogP) is 4.59. The second kappa shape index (κ2) is 7.81. The molecule has 0 saturated carbocycles. The molecule has 0 aliphatic heterocycles. The van der Waals surface area contributed by atoms with Crippen molar-refractivity contribution in [3.8, 4) is 0 Å². The zero-order valence-electron chi connectivity index (χ0n) is 12.3. The highest BCUT2D eigenvalue weighted by Gasteiger charge is 2.12. The summed E-state index contributed by atoms with van der Waals surface area (Å²) in [6.45, 7) is 7.61. The molecule has 1 heterocycles. The highest BCUT2D eigenvalue weighted by atomic mass is 32.2. The summed E-state index contributed by atoms with van der Waals surface area (Å²) < 4.78 is 1.15. The summed E-state index contributed by atoms with van der Waals surface area (Å²) in [5.41, 5.74) is 4.10. The van der Waals surface area contributed by atoms with Crippen LogP contribution in [0.25, 0.3) is 0 Å². The van der Waals surface area contributed by atoms with Gasteiger partial charge in [0.2, 0.25) is 0 Å². The van der Waals surface area contributed by atoms with Crippen molar-refractivity contribution >= 4 is 23.1 Å². The highest BCUT2D eigenvalue weighted by Crippen LogP contribution is 2.27. The lowest BCUT2D eigenvalue weighted by Gasteiger charge is -2.19. The molecule has 1 unspecified atom stereocenters. The van der Waals surface area contributed by atoms with Gasteiger partial charge in [-0.2, -0.15) is 0 Å². The third kappa shape index (κ3) is 4.33. The molecule has 1 aromatic heterocycles. The van der Waals surface area contributed by atoms with Gasteiger partial charge < -0.3 is 5.32 Å². The van der Waals surface area contributed by atoms with Crippen LogP contribution in [0, 0.1) is 13.8 Å². The van der Waals surface area contributed by atoms with Gasteiger partial charge in [0.05, 0.1) is 0 Å². The van der Waals surface area contributed by atoms with Crippen molar-refractivity contribution in [1.82, 2.24) is 10.3 Å². The molecule has 0 radical (unpaired) electrons. The smallest absolute Gasteiger partial charge is 0.149 e. The van der Waals surface area contributed by atoms with Crippen molar-refractivity contribution in [2.75, 3.05) is 12.3 Å². The van der Waals surface area contributed by atoms with E-state index in [9.17, 15) is 0 Å². The maximum absolute atomic E-state index is 4.35. The van der Waals surface area contributed by atoms with Gasteiger partial charge in [-0.1, -0.05) is 36.9 Å². The minimum Gasteiger partial charge on any atom is -0.309 e. The fraction of sp³-hybridized carbons (Fsp3) is 0.438. The Balaban J connectivity index is 2.07. The third-order valence-corrected chi connectivity index (χ3v) is 5.42.